The van der Waals surface area contributed by atoms with Crippen molar-refractivity contribution in [2.24, 2.45) is 11.3 Å². The number of carbonyl (C=O) groups excluding carboxylic acids is 1. The number of aliphatic hydroxyl groups is 1. The molecule has 2 aliphatic rings. The van der Waals surface area contributed by atoms with Gasteiger partial charge >= 0.3 is 5.97 Å². The number of ether oxygens (including phenoxy) is 1. The Morgan fingerprint density at radius 2 is 2.42 bits per heavy atom. The summed E-state index contributed by atoms with van der Waals surface area (Å²) in [6.45, 7) is 0. The number of methoxy groups -OCH3 is 1. The highest BCUT2D eigenvalue weighted by Gasteiger charge is 2.64. The van der Waals surface area contributed by atoms with Crippen LogP contribution >= 0.6 is 0 Å². The number of fused-ring (bicyclic) bond motifs is 1. The van der Waals surface area contributed by atoms with Gasteiger partial charge in [0.05, 0.1) is 18.6 Å². The van der Waals surface area contributed by atoms with E-state index in [1.165, 1.54) is 7.11 Å². The van der Waals surface area contributed by atoms with E-state index in [0.29, 0.717) is 0 Å². The van der Waals surface area contributed by atoms with Gasteiger partial charge in [-0.3, -0.25) is 4.79 Å². The molecule has 2 aliphatic carbocycles. The molecule has 0 aliphatic heterocycles. The number of carbonyl (C=O) groups is 1. The van der Waals surface area contributed by atoms with E-state index < -0.39 is 0 Å². The van der Waals surface area contributed by atoms with Crippen LogP contribution in [0, 0.1) is 11.3 Å². The second-order valence-electron chi connectivity index (χ2n) is 3.92. The van der Waals surface area contributed by atoms with Gasteiger partial charge in [-0.25, -0.2) is 0 Å². The third kappa shape index (κ3) is 0.891. The van der Waals surface area contributed by atoms with Crippen LogP contribution in [0.3, 0.4) is 0 Å². The Bertz CT molecular complexity index is 214. The van der Waals surface area contributed by atoms with E-state index in [0.717, 1.165) is 25.7 Å². The van der Waals surface area contributed by atoms with E-state index in [2.05, 4.69) is 0 Å². The van der Waals surface area contributed by atoms with Gasteiger partial charge in [-0.05, 0) is 25.7 Å². The molecule has 12 heavy (non-hydrogen) atoms. The summed E-state index contributed by atoms with van der Waals surface area (Å²) in [5.74, 6) is 0.0740. The minimum Gasteiger partial charge on any atom is -0.469 e. The summed E-state index contributed by atoms with van der Waals surface area (Å²) in [4.78, 5) is 11.3. The largest absolute Gasteiger partial charge is 0.469 e. The van der Waals surface area contributed by atoms with Gasteiger partial charge in [0, 0.05) is 5.92 Å². The predicted octanol–water partition coefficient (Wildman–Crippen LogP) is 0.710. The van der Waals surface area contributed by atoms with Gasteiger partial charge in [-0.2, -0.15) is 0 Å². The first-order valence-corrected chi connectivity index (χ1v) is 4.47. The maximum Gasteiger partial charge on any atom is 0.312 e. The third-order valence-electron chi connectivity index (χ3n) is 3.31. The van der Waals surface area contributed by atoms with Crippen LogP contribution in [-0.4, -0.2) is 24.3 Å². The van der Waals surface area contributed by atoms with Crippen LogP contribution in [0.5, 0.6) is 0 Å². The fourth-order valence-corrected chi connectivity index (χ4v) is 2.49. The molecule has 0 aromatic carbocycles. The van der Waals surface area contributed by atoms with Crippen molar-refractivity contribution in [3.8, 4) is 0 Å². The molecule has 3 unspecified atom stereocenters. The van der Waals surface area contributed by atoms with E-state index in [9.17, 15) is 9.90 Å². The lowest BCUT2D eigenvalue weighted by Crippen LogP contribution is -2.28. The van der Waals surface area contributed by atoms with Crippen LogP contribution in [0.2, 0.25) is 0 Å². The predicted molar refractivity (Wildman–Crippen MR) is 42.4 cm³/mol. The van der Waals surface area contributed by atoms with Crippen LogP contribution in [0.25, 0.3) is 0 Å². The Balaban J connectivity index is 2.10. The molecule has 68 valence electrons. The molecule has 2 rings (SSSR count). The van der Waals surface area contributed by atoms with E-state index >= 15 is 0 Å². The molecule has 3 nitrogen and oxygen atoms in total. The molecule has 0 amide bonds. The first kappa shape index (κ1) is 8.05. The zero-order valence-electron chi connectivity index (χ0n) is 7.25. The van der Waals surface area contributed by atoms with Gasteiger partial charge < -0.3 is 9.84 Å². The molecule has 1 N–H and O–H groups in total. The van der Waals surface area contributed by atoms with Crippen LogP contribution in [0.4, 0.5) is 0 Å². The van der Waals surface area contributed by atoms with Crippen LogP contribution in [-0.2, 0) is 9.53 Å². The SMILES string of the molecule is COC(=O)C12CCCC(O)C1C2. The molecule has 0 spiro atoms. The number of rotatable bonds is 1. The van der Waals surface area contributed by atoms with Crippen molar-refractivity contribution in [2.45, 2.75) is 31.8 Å². The molecule has 2 saturated carbocycles. The van der Waals surface area contributed by atoms with Crippen molar-refractivity contribution in [2.75, 3.05) is 7.11 Å². The number of esters is 1. The summed E-state index contributed by atoms with van der Waals surface area (Å²) in [7, 11) is 1.42. The summed E-state index contributed by atoms with van der Waals surface area (Å²) in [6, 6.07) is 0. The fraction of sp³-hybridized carbons (Fsp3) is 0.889. The maximum atomic E-state index is 11.3. The topological polar surface area (TPSA) is 46.5 Å². The summed E-state index contributed by atoms with van der Waals surface area (Å²) in [6.07, 6.45) is 3.27. The molecule has 3 heteroatoms. The second-order valence-corrected chi connectivity index (χ2v) is 3.92. The average molecular weight is 170 g/mol. The lowest BCUT2D eigenvalue weighted by Gasteiger charge is -2.22. The first-order chi connectivity index (χ1) is 5.70. The first-order valence-electron chi connectivity index (χ1n) is 4.47. The van der Waals surface area contributed by atoms with Crippen molar-refractivity contribution < 1.29 is 14.6 Å². The van der Waals surface area contributed by atoms with Crippen LogP contribution < -0.4 is 0 Å². The fourth-order valence-electron chi connectivity index (χ4n) is 2.49. The normalized spacial score (nSPS) is 44.8. The quantitative estimate of drug-likeness (QED) is 0.589. The number of hydrogen-bond acceptors (Lipinski definition) is 3. The van der Waals surface area contributed by atoms with Gasteiger partial charge in [0.25, 0.3) is 0 Å². The highest BCUT2D eigenvalue weighted by atomic mass is 16.5. The van der Waals surface area contributed by atoms with Gasteiger partial charge in [0.1, 0.15) is 0 Å². The van der Waals surface area contributed by atoms with Crippen molar-refractivity contribution in [3.05, 3.63) is 0 Å². The minimum absolute atomic E-state index is 0.119. The lowest BCUT2D eigenvalue weighted by atomic mass is 9.87. The maximum absolute atomic E-state index is 11.3. The van der Waals surface area contributed by atoms with Crippen LogP contribution in [0.15, 0.2) is 0 Å². The van der Waals surface area contributed by atoms with Gasteiger partial charge in [-0.1, -0.05) is 0 Å². The van der Waals surface area contributed by atoms with Crippen molar-refractivity contribution in [1.82, 2.24) is 0 Å². The van der Waals surface area contributed by atoms with Crippen LogP contribution in [0.1, 0.15) is 25.7 Å². The molecular formula is C9H14O3. The van der Waals surface area contributed by atoms with Crippen molar-refractivity contribution in [1.29, 1.82) is 0 Å². The van der Waals surface area contributed by atoms with E-state index in [4.69, 9.17) is 4.74 Å². The smallest absolute Gasteiger partial charge is 0.312 e. The van der Waals surface area contributed by atoms with Gasteiger partial charge in [0.2, 0.25) is 0 Å². The molecule has 2 fully saturated rings. The minimum atomic E-state index is -0.285. The van der Waals surface area contributed by atoms with Gasteiger partial charge in [0.15, 0.2) is 0 Å². The summed E-state index contributed by atoms with van der Waals surface area (Å²) < 4.78 is 4.73. The molecule has 0 aromatic heterocycles. The highest BCUT2D eigenvalue weighted by molar-refractivity contribution is 5.80. The Hall–Kier alpha value is -0.570. The summed E-state index contributed by atoms with van der Waals surface area (Å²) in [5, 5.41) is 9.52. The Kier molecular flexibility index (Phi) is 1.65. The zero-order chi connectivity index (χ0) is 8.77. The monoisotopic (exact) mass is 170 g/mol. The average Bonchev–Trinajstić information content (AvgIpc) is 2.80. The number of hydrogen-bond donors (Lipinski definition) is 1. The molecule has 0 radical (unpaired) electrons. The molecular weight excluding hydrogens is 156 g/mol. The summed E-state index contributed by atoms with van der Waals surface area (Å²) >= 11 is 0. The van der Waals surface area contributed by atoms with E-state index in [1.54, 1.807) is 0 Å². The molecule has 0 aromatic rings. The van der Waals surface area contributed by atoms with Crippen molar-refractivity contribution in [3.63, 3.8) is 0 Å². The molecule has 3 atom stereocenters. The summed E-state index contributed by atoms with van der Waals surface area (Å²) in [5.41, 5.74) is -0.285. The standard InChI is InChI=1S/C9H14O3/c1-12-8(11)9-4-2-3-7(10)6(9)5-9/h6-7,10H,2-5H2,1H3. The highest BCUT2D eigenvalue weighted by Crippen LogP contribution is 2.61. The molecule has 0 bridgehead atoms. The third-order valence-corrected chi connectivity index (χ3v) is 3.31. The Labute approximate surface area is 71.7 Å². The van der Waals surface area contributed by atoms with E-state index in [-0.39, 0.29) is 23.4 Å². The van der Waals surface area contributed by atoms with E-state index in [1.807, 2.05) is 0 Å². The Morgan fingerprint density at radius 1 is 1.67 bits per heavy atom. The molecule has 0 heterocycles. The number of aliphatic hydroxyl groups excluding tert-OH is 1. The van der Waals surface area contributed by atoms with Crippen molar-refractivity contribution >= 4 is 5.97 Å². The Morgan fingerprint density at radius 3 is 3.08 bits per heavy atom. The van der Waals surface area contributed by atoms with Gasteiger partial charge in [-0.15, -0.1) is 0 Å². The lowest BCUT2D eigenvalue weighted by molar-refractivity contribution is -0.149. The zero-order valence-corrected chi connectivity index (χ0v) is 7.25. The molecule has 0 saturated heterocycles. The second kappa shape index (κ2) is 2.46.